The van der Waals surface area contributed by atoms with E-state index in [4.69, 9.17) is 4.52 Å². The molecule has 1 atom stereocenters. The Balaban J connectivity index is 1.51. The van der Waals surface area contributed by atoms with Gasteiger partial charge in [-0.1, -0.05) is 23.4 Å². The van der Waals surface area contributed by atoms with E-state index < -0.39 is 0 Å². The topological polar surface area (TPSA) is 73.0 Å². The van der Waals surface area contributed by atoms with Crippen LogP contribution in [0.3, 0.4) is 0 Å². The maximum atomic E-state index is 12.8. The van der Waals surface area contributed by atoms with Crippen molar-refractivity contribution in [3.63, 3.8) is 0 Å². The quantitative estimate of drug-likeness (QED) is 0.767. The first-order valence-corrected chi connectivity index (χ1v) is 8.97. The van der Waals surface area contributed by atoms with Crippen molar-refractivity contribution in [2.24, 2.45) is 0 Å². The molecular weight excluding hydrogens is 328 g/mol. The van der Waals surface area contributed by atoms with Gasteiger partial charge in [-0.2, -0.15) is 5.10 Å². The van der Waals surface area contributed by atoms with Crippen LogP contribution < -0.4 is 5.32 Å². The molecule has 0 fully saturated rings. The largest absolute Gasteiger partial charge is 0.361 e. The number of rotatable bonds is 5. The van der Waals surface area contributed by atoms with Gasteiger partial charge in [0.15, 0.2) is 5.69 Å². The first-order valence-electron chi connectivity index (χ1n) is 8.97. The van der Waals surface area contributed by atoms with Gasteiger partial charge < -0.3 is 9.84 Å². The standard InChI is InChI=1S/C20H22N4O2/c1-13(16-8-7-15-5-3-6-17(15)11-16)22-20(25)19-18(14(2)26-23-19)12-24-10-4-9-21-24/h4,7-11,13H,3,5-6,12H2,1-2H3,(H,22,25)/t13-/m1/s1. The number of carbonyl (C=O) groups excluding carboxylic acids is 1. The predicted molar refractivity (Wildman–Crippen MR) is 96.9 cm³/mol. The number of hydrogen-bond donors (Lipinski definition) is 1. The van der Waals surface area contributed by atoms with Crippen LogP contribution in [-0.2, 0) is 19.4 Å². The molecule has 6 nitrogen and oxygen atoms in total. The van der Waals surface area contributed by atoms with Crippen LogP contribution in [0.4, 0.5) is 0 Å². The summed E-state index contributed by atoms with van der Waals surface area (Å²) in [6.45, 7) is 4.26. The number of benzene rings is 1. The molecule has 1 amide bonds. The summed E-state index contributed by atoms with van der Waals surface area (Å²) in [5.74, 6) is 0.410. The van der Waals surface area contributed by atoms with E-state index in [1.54, 1.807) is 10.9 Å². The lowest BCUT2D eigenvalue weighted by Gasteiger charge is -2.15. The Kier molecular flexibility index (Phi) is 4.32. The molecule has 0 spiro atoms. The van der Waals surface area contributed by atoms with Crippen molar-refractivity contribution in [1.82, 2.24) is 20.3 Å². The summed E-state index contributed by atoms with van der Waals surface area (Å²) in [5.41, 5.74) is 5.03. The van der Waals surface area contributed by atoms with E-state index in [-0.39, 0.29) is 11.9 Å². The van der Waals surface area contributed by atoms with Crippen LogP contribution in [-0.4, -0.2) is 20.8 Å². The van der Waals surface area contributed by atoms with Crippen LogP contribution in [0.5, 0.6) is 0 Å². The van der Waals surface area contributed by atoms with Crippen molar-refractivity contribution < 1.29 is 9.32 Å². The molecule has 1 N–H and O–H groups in total. The van der Waals surface area contributed by atoms with Crippen molar-refractivity contribution in [3.05, 3.63) is 70.4 Å². The maximum Gasteiger partial charge on any atom is 0.274 e. The fraction of sp³-hybridized carbons (Fsp3) is 0.350. The van der Waals surface area contributed by atoms with Gasteiger partial charge in [0.1, 0.15) is 5.76 Å². The van der Waals surface area contributed by atoms with Crippen molar-refractivity contribution in [1.29, 1.82) is 0 Å². The molecule has 134 valence electrons. The Labute approximate surface area is 152 Å². The number of carbonyl (C=O) groups is 1. The van der Waals surface area contributed by atoms with Crippen LogP contribution in [0.15, 0.2) is 41.2 Å². The molecule has 1 aliphatic rings. The minimum Gasteiger partial charge on any atom is -0.361 e. The number of hydrogen-bond acceptors (Lipinski definition) is 4. The highest BCUT2D eigenvalue weighted by Crippen LogP contribution is 2.25. The van der Waals surface area contributed by atoms with E-state index in [9.17, 15) is 4.79 Å². The van der Waals surface area contributed by atoms with Gasteiger partial charge in [-0.05, 0) is 55.9 Å². The van der Waals surface area contributed by atoms with Crippen molar-refractivity contribution in [2.75, 3.05) is 0 Å². The summed E-state index contributed by atoms with van der Waals surface area (Å²) >= 11 is 0. The Morgan fingerprint density at radius 3 is 3.00 bits per heavy atom. The second-order valence-electron chi connectivity index (χ2n) is 6.85. The van der Waals surface area contributed by atoms with Gasteiger partial charge in [0.05, 0.1) is 12.6 Å². The van der Waals surface area contributed by atoms with Crippen LogP contribution in [0.2, 0.25) is 0 Å². The normalized spacial score (nSPS) is 14.2. The fourth-order valence-electron chi connectivity index (χ4n) is 3.52. The molecule has 0 aliphatic heterocycles. The number of aryl methyl sites for hydroxylation is 3. The lowest BCUT2D eigenvalue weighted by atomic mass is 10.0. The van der Waals surface area contributed by atoms with Crippen LogP contribution >= 0.6 is 0 Å². The minimum absolute atomic E-state index is 0.0945. The summed E-state index contributed by atoms with van der Waals surface area (Å²) in [6, 6.07) is 8.25. The van der Waals surface area contributed by atoms with Crippen LogP contribution in [0.1, 0.15) is 57.9 Å². The zero-order chi connectivity index (χ0) is 18.1. The van der Waals surface area contributed by atoms with Gasteiger partial charge >= 0.3 is 0 Å². The number of aromatic nitrogens is 3. The van der Waals surface area contributed by atoms with Gasteiger partial charge in [-0.25, -0.2) is 0 Å². The van der Waals surface area contributed by atoms with E-state index in [0.717, 1.165) is 24.0 Å². The molecule has 0 saturated carbocycles. The van der Waals surface area contributed by atoms with Crippen LogP contribution in [0.25, 0.3) is 0 Å². The average Bonchev–Trinajstić information content (AvgIpc) is 3.37. The van der Waals surface area contributed by atoms with Crippen molar-refractivity contribution in [2.45, 2.75) is 45.7 Å². The average molecular weight is 350 g/mol. The highest BCUT2D eigenvalue weighted by atomic mass is 16.5. The first kappa shape index (κ1) is 16.6. The monoisotopic (exact) mass is 350 g/mol. The lowest BCUT2D eigenvalue weighted by molar-refractivity contribution is 0.0929. The second-order valence-corrected chi connectivity index (χ2v) is 6.85. The third-order valence-corrected chi connectivity index (χ3v) is 5.05. The van der Waals surface area contributed by atoms with E-state index in [0.29, 0.717) is 18.0 Å². The molecule has 0 unspecified atom stereocenters. The highest BCUT2D eigenvalue weighted by Gasteiger charge is 2.22. The molecule has 3 aromatic rings. The van der Waals surface area contributed by atoms with Gasteiger partial charge in [0.2, 0.25) is 0 Å². The molecule has 0 saturated heterocycles. The molecule has 0 bridgehead atoms. The van der Waals surface area contributed by atoms with Crippen molar-refractivity contribution >= 4 is 5.91 Å². The number of fused-ring (bicyclic) bond motifs is 1. The lowest BCUT2D eigenvalue weighted by Crippen LogP contribution is -2.28. The van der Waals surface area contributed by atoms with E-state index in [1.807, 2.05) is 26.1 Å². The zero-order valence-electron chi connectivity index (χ0n) is 15.0. The molecule has 4 rings (SSSR count). The highest BCUT2D eigenvalue weighted by molar-refractivity contribution is 5.94. The predicted octanol–water partition coefficient (Wildman–Crippen LogP) is 3.21. The Morgan fingerprint density at radius 2 is 2.19 bits per heavy atom. The zero-order valence-corrected chi connectivity index (χ0v) is 15.0. The molecule has 1 aromatic carbocycles. The Hall–Kier alpha value is -2.89. The van der Waals surface area contributed by atoms with Gasteiger partial charge in [0, 0.05) is 18.0 Å². The molecule has 1 aliphatic carbocycles. The molecule has 2 heterocycles. The fourth-order valence-corrected chi connectivity index (χ4v) is 3.52. The minimum atomic E-state index is -0.225. The van der Waals surface area contributed by atoms with Crippen LogP contribution in [0, 0.1) is 6.92 Å². The summed E-state index contributed by atoms with van der Waals surface area (Å²) in [7, 11) is 0. The molecule has 26 heavy (non-hydrogen) atoms. The number of nitrogens with zero attached hydrogens (tertiary/aromatic N) is 3. The Morgan fingerprint density at radius 1 is 1.35 bits per heavy atom. The summed E-state index contributed by atoms with van der Waals surface area (Å²) in [6.07, 6.45) is 7.06. The molecule has 0 radical (unpaired) electrons. The number of nitrogens with one attached hydrogen (secondary N) is 1. The van der Waals surface area contributed by atoms with Gasteiger partial charge in [0.25, 0.3) is 5.91 Å². The van der Waals surface area contributed by atoms with E-state index >= 15 is 0 Å². The number of amides is 1. The van der Waals surface area contributed by atoms with Gasteiger partial charge in [-0.15, -0.1) is 0 Å². The SMILES string of the molecule is Cc1onc(C(=O)N[C@H](C)c2ccc3c(c2)CCC3)c1Cn1cccn1. The molecular formula is C20H22N4O2. The van der Waals surface area contributed by atoms with Gasteiger partial charge in [-0.3, -0.25) is 9.48 Å². The van der Waals surface area contributed by atoms with Crippen molar-refractivity contribution in [3.8, 4) is 0 Å². The smallest absolute Gasteiger partial charge is 0.274 e. The third kappa shape index (κ3) is 3.14. The first-order chi connectivity index (χ1) is 12.6. The summed E-state index contributed by atoms with van der Waals surface area (Å²) < 4.78 is 7.01. The van der Waals surface area contributed by atoms with E-state index in [1.165, 1.54) is 17.5 Å². The summed E-state index contributed by atoms with van der Waals surface area (Å²) in [4.78, 5) is 12.8. The Bertz CT molecular complexity index is 927. The molecule has 6 heteroatoms. The summed E-state index contributed by atoms with van der Waals surface area (Å²) in [5, 5.41) is 11.2. The van der Waals surface area contributed by atoms with E-state index in [2.05, 4.69) is 33.8 Å². The molecule has 2 aromatic heterocycles. The third-order valence-electron chi connectivity index (χ3n) is 5.05. The maximum absolute atomic E-state index is 12.8. The second kappa shape index (κ2) is 6.78.